The largest absolute Gasteiger partial charge is 0.481 e. The minimum Gasteiger partial charge on any atom is -0.481 e. The molecule has 0 aliphatic heterocycles. The summed E-state index contributed by atoms with van der Waals surface area (Å²) in [6, 6.07) is 19.5. The van der Waals surface area contributed by atoms with E-state index in [0.29, 0.717) is 10.9 Å². The number of thioether (sulfide) groups is 1. The first kappa shape index (κ1) is 18.4. The Bertz CT molecular complexity index is 825. The number of para-hydroxylation sites is 1. The second-order valence-corrected chi connectivity index (χ2v) is 7.59. The van der Waals surface area contributed by atoms with Crippen LogP contribution in [0.5, 0.6) is 5.75 Å². The van der Waals surface area contributed by atoms with Crippen LogP contribution < -0.4 is 10.1 Å². The summed E-state index contributed by atoms with van der Waals surface area (Å²) in [5.41, 5.74) is 1.28. The Morgan fingerprint density at radius 1 is 1.08 bits per heavy atom. The number of benzene rings is 2. The predicted molar refractivity (Wildman–Crippen MR) is 107 cm³/mol. The summed E-state index contributed by atoms with van der Waals surface area (Å²) in [5.74, 6) is 2.10. The average Bonchev–Trinajstić information content (AvgIpc) is 3.10. The molecule has 3 aromatic rings. The maximum Gasteiger partial charge on any atom is 0.266 e. The van der Waals surface area contributed by atoms with Crippen molar-refractivity contribution in [1.29, 1.82) is 0 Å². The van der Waals surface area contributed by atoms with Crippen molar-refractivity contribution in [3.05, 3.63) is 71.2 Å². The third-order valence-electron chi connectivity index (χ3n) is 3.46. The Hall–Kier alpha value is -2.38. The molecule has 0 fully saturated rings. The van der Waals surface area contributed by atoms with E-state index in [1.165, 1.54) is 16.9 Å². The van der Waals surface area contributed by atoms with Crippen molar-refractivity contribution in [3.8, 4) is 5.75 Å². The standard InChI is InChI=1S/C19H19N3O2S2/c1-14(24-16-10-6-3-7-11-16)18(23)20-19-22-21-17(26-19)13-25-12-15-8-4-2-5-9-15/h2-11,14H,12-13H2,1H3,(H,20,22,23). The third-order valence-corrected chi connectivity index (χ3v) is 5.50. The summed E-state index contributed by atoms with van der Waals surface area (Å²) in [6.07, 6.45) is -0.614. The van der Waals surface area contributed by atoms with Crippen LogP contribution in [0.1, 0.15) is 17.5 Å². The molecule has 0 aliphatic carbocycles. The fourth-order valence-corrected chi connectivity index (χ4v) is 3.94. The van der Waals surface area contributed by atoms with Crippen molar-refractivity contribution in [3.63, 3.8) is 0 Å². The zero-order valence-corrected chi connectivity index (χ0v) is 15.9. The van der Waals surface area contributed by atoms with Crippen LogP contribution >= 0.6 is 23.1 Å². The molecule has 0 radical (unpaired) electrons. The van der Waals surface area contributed by atoms with Crippen molar-refractivity contribution in [1.82, 2.24) is 10.2 Å². The SMILES string of the molecule is CC(Oc1ccccc1)C(=O)Nc1nnc(CSCc2ccccc2)s1. The normalized spacial score (nSPS) is 11.7. The Morgan fingerprint density at radius 3 is 2.50 bits per heavy atom. The lowest BCUT2D eigenvalue weighted by atomic mass is 10.2. The quantitative estimate of drug-likeness (QED) is 0.623. The lowest BCUT2D eigenvalue weighted by molar-refractivity contribution is -0.122. The number of nitrogens with one attached hydrogen (secondary N) is 1. The van der Waals surface area contributed by atoms with Gasteiger partial charge in [0.05, 0.1) is 0 Å². The smallest absolute Gasteiger partial charge is 0.266 e. The molecule has 5 nitrogen and oxygen atoms in total. The van der Waals surface area contributed by atoms with E-state index >= 15 is 0 Å². The topological polar surface area (TPSA) is 64.1 Å². The Morgan fingerprint density at radius 2 is 1.77 bits per heavy atom. The van der Waals surface area contributed by atoms with Crippen LogP contribution in [0, 0.1) is 0 Å². The van der Waals surface area contributed by atoms with Gasteiger partial charge in [-0.3, -0.25) is 10.1 Å². The molecule has 0 saturated heterocycles. The monoisotopic (exact) mass is 385 g/mol. The summed E-state index contributed by atoms with van der Waals surface area (Å²) >= 11 is 3.16. The van der Waals surface area contributed by atoms with E-state index in [1.54, 1.807) is 18.7 Å². The molecule has 2 aromatic carbocycles. The van der Waals surface area contributed by atoms with Crippen LogP contribution in [0.4, 0.5) is 5.13 Å². The number of hydrogen-bond acceptors (Lipinski definition) is 6. The zero-order chi connectivity index (χ0) is 18.2. The first-order valence-corrected chi connectivity index (χ1v) is 10.1. The highest BCUT2D eigenvalue weighted by molar-refractivity contribution is 7.97. The molecule has 1 heterocycles. The van der Waals surface area contributed by atoms with E-state index in [4.69, 9.17) is 4.74 Å². The molecule has 1 N–H and O–H groups in total. The molecule has 1 unspecified atom stereocenters. The Kier molecular flexibility index (Phi) is 6.62. The fourth-order valence-electron chi connectivity index (χ4n) is 2.16. The zero-order valence-electron chi connectivity index (χ0n) is 14.3. The van der Waals surface area contributed by atoms with Crippen molar-refractivity contribution in [2.24, 2.45) is 0 Å². The number of carbonyl (C=O) groups excluding carboxylic acids is 1. The Labute approximate surface area is 160 Å². The number of rotatable bonds is 8. The van der Waals surface area contributed by atoms with Crippen molar-refractivity contribution in [2.75, 3.05) is 5.32 Å². The van der Waals surface area contributed by atoms with Gasteiger partial charge in [0.1, 0.15) is 10.8 Å². The van der Waals surface area contributed by atoms with E-state index < -0.39 is 6.10 Å². The third kappa shape index (κ3) is 5.57. The van der Waals surface area contributed by atoms with E-state index in [2.05, 4.69) is 27.6 Å². The second-order valence-electron chi connectivity index (χ2n) is 5.54. The van der Waals surface area contributed by atoms with Gasteiger partial charge in [-0.1, -0.05) is 59.9 Å². The van der Waals surface area contributed by atoms with E-state index in [-0.39, 0.29) is 5.91 Å². The molecule has 0 spiro atoms. The van der Waals surface area contributed by atoms with Crippen LogP contribution in [0.25, 0.3) is 0 Å². The molecule has 0 saturated carbocycles. The van der Waals surface area contributed by atoms with Gasteiger partial charge in [-0.25, -0.2) is 0 Å². The van der Waals surface area contributed by atoms with Crippen LogP contribution in [-0.2, 0) is 16.3 Å². The number of anilines is 1. The fraction of sp³-hybridized carbons (Fsp3) is 0.211. The van der Waals surface area contributed by atoms with Gasteiger partial charge in [0.25, 0.3) is 5.91 Å². The van der Waals surface area contributed by atoms with Gasteiger partial charge >= 0.3 is 0 Å². The molecule has 1 atom stereocenters. The van der Waals surface area contributed by atoms with Crippen molar-refractivity contribution in [2.45, 2.75) is 24.5 Å². The molecule has 1 amide bonds. The summed E-state index contributed by atoms with van der Waals surface area (Å²) in [7, 11) is 0. The first-order chi connectivity index (χ1) is 12.7. The van der Waals surface area contributed by atoms with Gasteiger partial charge < -0.3 is 4.74 Å². The molecular formula is C19H19N3O2S2. The van der Waals surface area contributed by atoms with Crippen LogP contribution in [0.3, 0.4) is 0 Å². The highest BCUT2D eigenvalue weighted by Gasteiger charge is 2.17. The number of ether oxygens (including phenoxy) is 1. The van der Waals surface area contributed by atoms with E-state index in [9.17, 15) is 4.79 Å². The second kappa shape index (κ2) is 9.35. The van der Waals surface area contributed by atoms with Gasteiger partial charge in [0.2, 0.25) is 5.13 Å². The van der Waals surface area contributed by atoms with Crippen molar-refractivity contribution >= 4 is 34.1 Å². The first-order valence-electron chi connectivity index (χ1n) is 8.17. The van der Waals surface area contributed by atoms with Gasteiger partial charge in [-0.15, -0.1) is 22.0 Å². The minimum atomic E-state index is -0.614. The molecule has 1 aromatic heterocycles. The van der Waals surface area contributed by atoms with Crippen LogP contribution in [0.2, 0.25) is 0 Å². The molecule has 26 heavy (non-hydrogen) atoms. The summed E-state index contributed by atoms with van der Waals surface area (Å²) in [6.45, 7) is 1.71. The number of hydrogen-bond donors (Lipinski definition) is 1. The van der Waals surface area contributed by atoms with Gasteiger partial charge in [0, 0.05) is 11.5 Å². The van der Waals surface area contributed by atoms with E-state index in [1.807, 2.05) is 48.5 Å². The van der Waals surface area contributed by atoms with Crippen LogP contribution in [-0.4, -0.2) is 22.2 Å². The summed E-state index contributed by atoms with van der Waals surface area (Å²) in [5, 5.41) is 12.3. The van der Waals surface area contributed by atoms with Gasteiger partial charge in [0.15, 0.2) is 6.10 Å². The Balaban J connectivity index is 1.46. The highest BCUT2D eigenvalue weighted by Crippen LogP contribution is 2.23. The molecule has 7 heteroatoms. The van der Waals surface area contributed by atoms with E-state index in [0.717, 1.165) is 16.5 Å². The van der Waals surface area contributed by atoms with Gasteiger partial charge in [-0.05, 0) is 24.6 Å². The highest BCUT2D eigenvalue weighted by atomic mass is 32.2. The summed E-state index contributed by atoms with van der Waals surface area (Å²) in [4.78, 5) is 12.2. The number of carbonyl (C=O) groups is 1. The average molecular weight is 386 g/mol. The predicted octanol–water partition coefficient (Wildman–Crippen LogP) is 4.38. The lowest BCUT2D eigenvalue weighted by Crippen LogP contribution is -2.30. The summed E-state index contributed by atoms with van der Waals surface area (Å²) < 4.78 is 5.61. The number of amides is 1. The maximum absolute atomic E-state index is 12.2. The minimum absolute atomic E-state index is 0.242. The lowest BCUT2D eigenvalue weighted by Gasteiger charge is -2.13. The molecule has 0 bridgehead atoms. The maximum atomic E-state index is 12.2. The molecule has 0 aliphatic rings. The molecule has 3 rings (SSSR count). The number of aromatic nitrogens is 2. The molecular weight excluding hydrogens is 366 g/mol. The number of nitrogens with zero attached hydrogens (tertiary/aromatic N) is 2. The van der Waals surface area contributed by atoms with Crippen LogP contribution in [0.15, 0.2) is 60.7 Å². The molecule has 134 valence electrons. The van der Waals surface area contributed by atoms with Crippen molar-refractivity contribution < 1.29 is 9.53 Å². The van der Waals surface area contributed by atoms with Gasteiger partial charge in [-0.2, -0.15) is 0 Å².